The molecule has 71 valence electrons. The zero-order valence-corrected chi connectivity index (χ0v) is 10.6. The third-order valence-electron chi connectivity index (χ3n) is 1.40. The fourth-order valence-corrected chi connectivity index (χ4v) is 0.873. The van der Waals surface area contributed by atoms with Gasteiger partial charge in [0.15, 0.2) is 0 Å². The number of pyridine rings is 1. The average Bonchev–Trinajstić information content (AvgIpc) is 2.57. The molecule has 0 amide bonds. The second-order valence-electron chi connectivity index (χ2n) is 2.06. The Hall–Kier alpha value is -0.718. The molecule has 2 heterocycles. The second-order valence-corrected chi connectivity index (χ2v) is 2.06. The molecule has 13 heavy (non-hydrogen) atoms. The van der Waals surface area contributed by atoms with E-state index in [0.29, 0.717) is 0 Å². The van der Waals surface area contributed by atoms with Crippen molar-refractivity contribution in [2.24, 2.45) is 0 Å². The Morgan fingerprint density at radius 1 is 1.38 bits per heavy atom. The molecule has 3 nitrogen and oxygen atoms in total. The van der Waals surface area contributed by atoms with Gasteiger partial charge in [0.1, 0.15) is 0 Å². The summed E-state index contributed by atoms with van der Waals surface area (Å²) in [6.45, 7) is 5.90. The van der Waals surface area contributed by atoms with E-state index in [4.69, 9.17) is 4.52 Å². The van der Waals surface area contributed by atoms with Crippen LogP contribution in [-0.2, 0) is 20.4 Å². The van der Waals surface area contributed by atoms with Gasteiger partial charge < -0.3 is 9.51 Å². The Kier molecular flexibility index (Phi) is 5.52. The van der Waals surface area contributed by atoms with Gasteiger partial charge in [-0.05, 0) is 6.20 Å². The van der Waals surface area contributed by atoms with Crippen LogP contribution in [0.5, 0.6) is 0 Å². The van der Waals surface area contributed by atoms with E-state index in [-0.39, 0.29) is 20.4 Å². The van der Waals surface area contributed by atoms with Gasteiger partial charge in [-0.25, -0.2) is 0 Å². The van der Waals surface area contributed by atoms with Gasteiger partial charge in [-0.2, -0.15) is 5.16 Å². The van der Waals surface area contributed by atoms with E-state index >= 15 is 0 Å². The van der Waals surface area contributed by atoms with E-state index in [2.05, 4.69) is 16.3 Å². The third-order valence-corrected chi connectivity index (χ3v) is 1.40. The van der Waals surface area contributed by atoms with Crippen LogP contribution in [0, 0.1) is 13.1 Å². The van der Waals surface area contributed by atoms with Crippen molar-refractivity contribution in [2.75, 3.05) is 0 Å². The molecule has 2 aromatic heterocycles. The van der Waals surface area contributed by atoms with Gasteiger partial charge >= 0.3 is 0 Å². The summed E-state index contributed by atoms with van der Waals surface area (Å²) in [7, 11) is 0. The first-order valence-electron chi connectivity index (χ1n) is 3.96. The van der Waals surface area contributed by atoms with Crippen molar-refractivity contribution in [1.82, 2.24) is 10.1 Å². The van der Waals surface area contributed by atoms with Crippen molar-refractivity contribution in [3.8, 4) is 0 Å². The number of nitrogens with zero attached hydrogens (tertiary/aromatic N) is 2. The Labute approximate surface area is 91.2 Å². The van der Waals surface area contributed by atoms with Gasteiger partial charge in [0, 0.05) is 26.6 Å². The summed E-state index contributed by atoms with van der Waals surface area (Å²) >= 11 is 0. The fourth-order valence-electron chi connectivity index (χ4n) is 0.873. The molecule has 0 N–H and O–H groups in total. The molecule has 0 aliphatic carbocycles. The number of aromatic nitrogens is 2. The summed E-state index contributed by atoms with van der Waals surface area (Å²) in [6.07, 6.45) is 4.40. The second kappa shape index (κ2) is 5.85. The normalized spacial score (nSPS) is 8.54. The molecule has 0 spiro atoms. The minimum Gasteiger partial charge on any atom is -0.431 e. The van der Waals surface area contributed by atoms with Crippen LogP contribution in [0.2, 0.25) is 0 Å². The molecule has 0 bridgehead atoms. The van der Waals surface area contributed by atoms with Gasteiger partial charge in [-0.3, -0.25) is 0 Å². The number of hydrogen-bond donors (Lipinski definition) is 0. The molecular weight excluding hydrogens is 338 g/mol. The zero-order chi connectivity index (χ0) is 8.97. The first-order chi connectivity index (χ1) is 5.88. The maximum absolute atomic E-state index is 4.85. The molecule has 0 saturated heterocycles. The molecule has 0 atom stereocenters. The van der Waals surface area contributed by atoms with E-state index in [1.165, 1.54) is 0 Å². The van der Waals surface area contributed by atoms with Crippen LogP contribution in [0.4, 0.5) is 0 Å². The first kappa shape index (κ1) is 12.3. The standard InChI is InChI=1S/C7H5N2O.C2H6.Re/c1-5-6-4-9-10-7(6)2-3-8-5;1-2;/h2-3H,1H3;1-2H3;/q-1;;. The Morgan fingerprint density at radius 2 is 2.08 bits per heavy atom. The monoisotopic (exact) mass is 350 g/mol. The van der Waals surface area contributed by atoms with E-state index < -0.39 is 0 Å². The molecule has 2 aromatic rings. The van der Waals surface area contributed by atoms with E-state index in [1.54, 1.807) is 12.3 Å². The summed E-state index contributed by atoms with van der Waals surface area (Å²) in [5.74, 6) is 0. The van der Waals surface area contributed by atoms with Gasteiger partial charge in [-0.1, -0.05) is 32.5 Å². The summed E-state index contributed by atoms with van der Waals surface area (Å²) < 4.78 is 4.85. The maximum atomic E-state index is 4.85. The predicted molar refractivity (Wildman–Crippen MR) is 46.7 cm³/mol. The van der Waals surface area contributed by atoms with Crippen LogP contribution >= 0.6 is 0 Å². The molecule has 2 rings (SSSR count). The van der Waals surface area contributed by atoms with Gasteiger partial charge in [0.2, 0.25) is 0 Å². The smallest absolute Gasteiger partial charge is 0.0557 e. The first-order valence-corrected chi connectivity index (χ1v) is 3.96. The van der Waals surface area contributed by atoms with Crippen molar-refractivity contribution < 1.29 is 24.9 Å². The predicted octanol–water partition coefficient (Wildman–Crippen LogP) is 2.36. The summed E-state index contributed by atoms with van der Waals surface area (Å²) in [5.41, 5.74) is 1.64. The molecular formula is C9H11N2ORe-. The van der Waals surface area contributed by atoms with Crippen molar-refractivity contribution >= 4 is 11.0 Å². The van der Waals surface area contributed by atoms with Crippen molar-refractivity contribution in [3.05, 3.63) is 24.2 Å². The molecule has 0 aromatic carbocycles. The Morgan fingerprint density at radius 3 is 2.69 bits per heavy atom. The van der Waals surface area contributed by atoms with E-state index in [9.17, 15) is 0 Å². The van der Waals surface area contributed by atoms with Crippen molar-refractivity contribution in [3.63, 3.8) is 0 Å². The molecule has 0 aliphatic heterocycles. The zero-order valence-electron chi connectivity index (χ0n) is 7.84. The molecule has 0 saturated carbocycles. The maximum Gasteiger partial charge on any atom is 0.0557 e. The quantitative estimate of drug-likeness (QED) is 0.686. The molecule has 1 radical (unpaired) electrons. The largest absolute Gasteiger partial charge is 0.431 e. The third kappa shape index (κ3) is 2.61. The fraction of sp³-hybridized carbons (Fsp3) is 0.333. The summed E-state index contributed by atoms with van der Waals surface area (Å²) in [4.78, 5) is 4.05. The minimum absolute atomic E-state index is 0. The van der Waals surface area contributed by atoms with Gasteiger partial charge in [-0.15, -0.1) is 5.39 Å². The van der Waals surface area contributed by atoms with Crippen LogP contribution in [0.1, 0.15) is 19.5 Å². The van der Waals surface area contributed by atoms with Crippen LogP contribution in [0.15, 0.2) is 16.8 Å². The van der Waals surface area contributed by atoms with Gasteiger partial charge in [0.25, 0.3) is 0 Å². The number of hydrogen-bond acceptors (Lipinski definition) is 3. The summed E-state index contributed by atoms with van der Waals surface area (Å²) in [6, 6.07) is 1.77. The van der Waals surface area contributed by atoms with Gasteiger partial charge in [0.05, 0.1) is 5.58 Å². The molecule has 0 unspecified atom stereocenters. The van der Waals surface area contributed by atoms with Crippen molar-refractivity contribution in [1.29, 1.82) is 0 Å². The number of aryl methyl sites for hydroxylation is 1. The van der Waals surface area contributed by atoms with Crippen LogP contribution in [0.3, 0.4) is 0 Å². The molecule has 0 fully saturated rings. The molecule has 0 aliphatic rings. The number of fused-ring (bicyclic) bond motifs is 1. The van der Waals surface area contributed by atoms with Crippen LogP contribution < -0.4 is 0 Å². The number of rotatable bonds is 0. The topological polar surface area (TPSA) is 38.9 Å². The molecule has 4 heteroatoms. The van der Waals surface area contributed by atoms with E-state index in [0.717, 1.165) is 16.7 Å². The Bertz CT molecular complexity index is 359. The van der Waals surface area contributed by atoms with Crippen molar-refractivity contribution in [2.45, 2.75) is 20.8 Å². The average molecular weight is 349 g/mol. The van der Waals surface area contributed by atoms with Crippen LogP contribution in [-0.4, -0.2) is 10.1 Å². The SMILES string of the molecule is CC.Cc1nccc2on[c-]c12.[Re]. The van der Waals surface area contributed by atoms with E-state index in [1.807, 2.05) is 20.8 Å². The van der Waals surface area contributed by atoms with Crippen LogP contribution in [0.25, 0.3) is 11.0 Å². The minimum atomic E-state index is 0. The Balaban J connectivity index is 0.000000451. The summed E-state index contributed by atoms with van der Waals surface area (Å²) in [5, 5.41) is 4.39.